The van der Waals surface area contributed by atoms with E-state index in [0.29, 0.717) is 36.7 Å². The first kappa shape index (κ1) is 27.1. The van der Waals surface area contributed by atoms with Crippen molar-refractivity contribution in [2.24, 2.45) is 0 Å². The maximum Gasteiger partial charge on any atom is 0.319 e. The molecule has 3 aromatic rings. The Balaban J connectivity index is 1.31. The Kier molecular flexibility index (Phi) is 10.0. The summed E-state index contributed by atoms with van der Waals surface area (Å²) in [6.07, 6.45) is 8.23. The summed E-state index contributed by atoms with van der Waals surface area (Å²) in [7, 11) is 0. The summed E-state index contributed by atoms with van der Waals surface area (Å²) in [5.74, 6) is 0.450. The standard InChI is InChI=1S/C29H37N7O2/c1-2-31-27-25(28(37)32-16-7-19-36-17-4-3-5-18-36)13-14-26(35-27)23-9-11-24(12-10-23)34-29(38)33-21-22-8-6-15-30-20-22/h6,8-15,20H,2-5,7,16-19,21H2,1H3,(H,31,35)(H,32,37)(H2,33,34,38). The zero-order valence-corrected chi connectivity index (χ0v) is 22.0. The summed E-state index contributed by atoms with van der Waals surface area (Å²) >= 11 is 0. The second kappa shape index (κ2) is 14.1. The molecule has 0 atom stereocenters. The van der Waals surface area contributed by atoms with E-state index in [1.165, 1.54) is 32.4 Å². The second-order valence-corrected chi connectivity index (χ2v) is 9.38. The van der Waals surface area contributed by atoms with Gasteiger partial charge in [-0.1, -0.05) is 24.6 Å². The van der Waals surface area contributed by atoms with E-state index in [1.54, 1.807) is 12.4 Å². The van der Waals surface area contributed by atoms with E-state index in [1.807, 2.05) is 55.5 Å². The number of anilines is 2. The molecule has 0 spiro atoms. The van der Waals surface area contributed by atoms with Crippen LogP contribution in [0.5, 0.6) is 0 Å². The van der Waals surface area contributed by atoms with Gasteiger partial charge in [-0.15, -0.1) is 0 Å². The summed E-state index contributed by atoms with van der Waals surface area (Å²) in [4.78, 5) is 36.4. The Hall–Kier alpha value is -3.98. The molecule has 1 saturated heterocycles. The van der Waals surface area contributed by atoms with Gasteiger partial charge in [0.05, 0.1) is 11.3 Å². The van der Waals surface area contributed by atoms with Gasteiger partial charge in [0.25, 0.3) is 5.91 Å². The van der Waals surface area contributed by atoms with Crippen LogP contribution in [0.4, 0.5) is 16.3 Å². The van der Waals surface area contributed by atoms with E-state index >= 15 is 0 Å². The first-order chi connectivity index (χ1) is 18.6. The van der Waals surface area contributed by atoms with Crippen LogP contribution in [-0.2, 0) is 6.54 Å². The number of hydrogen-bond donors (Lipinski definition) is 4. The van der Waals surface area contributed by atoms with E-state index in [2.05, 4.69) is 31.2 Å². The predicted octanol–water partition coefficient (Wildman–Crippen LogP) is 4.50. The van der Waals surface area contributed by atoms with Gasteiger partial charge in [0.15, 0.2) is 0 Å². The number of nitrogens with zero attached hydrogens (tertiary/aromatic N) is 3. The maximum atomic E-state index is 12.9. The van der Waals surface area contributed by atoms with Crippen LogP contribution in [0, 0.1) is 0 Å². The van der Waals surface area contributed by atoms with Crippen LogP contribution in [0.3, 0.4) is 0 Å². The molecule has 0 bridgehead atoms. The highest BCUT2D eigenvalue weighted by atomic mass is 16.2. The van der Waals surface area contributed by atoms with Gasteiger partial charge in [-0.25, -0.2) is 9.78 Å². The molecule has 1 fully saturated rings. The molecule has 1 aliphatic rings. The van der Waals surface area contributed by atoms with Crippen LogP contribution in [-0.4, -0.2) is 59.5 Å². The SMILES string of the molecule is CCNc1nc(-c2ccc(NC(=O)NCc3cccnc3)cc2)ccc1C(=O)NCCCN1CCCCC1. The van der Waals surface area contributed by atoms with Crippen molar-refractivity contribution >= 4 is 23.4 Å². The number of pyridine rings is 2. The molecule has 2 aromatic heterocycles. The number of urea groups is 1. The molecule has 38 heavy (non-hydrogen) atoms. The van der Waals surface area contributed by atoms with Crippen LogP contribution in [0.1, 0.15) is 48.5 Å². The highest BCUT2D eigenvalue weighted by Crippen LogP contribution is 2.24. The van der Waals surface area contributed by atoms with Gasteiger partial charge >= 0.3 is 6.03 Å². The molecule has 1 aliphatic heterocycles. The number of carbonyl (C=O) groups is 2. The van der Waals surface area contributed by atoms with Crippen molar-refractivity contribution < 1.29 is 9.59 Å². The molecule has 0 saturated carbocycles. The molecule has 0 aliphatic carbocycles. The van der Waals surface area contributed by atoms with Crippen molar-refractivity contribution in [2.75, 3.05) is 43.4 Å². The third kappa shape index (κ3) is 8.01. The van der Waals surface area contributed by atoms with Crippen molar-refractivity contribution in [2.45, 2.75) is 39.2 Å². The monoisotopic (exact) mass is 515 g/mol. The van der Waals surface area contributed by atoms with E-state index < -0.39 is 0 Å². The van der Waals surface area contributed by atoms with E-state index in [0.717, 1.165) is 29.8 Å². The average molecular weight is 516 g/mol. The van der Waals surface area contributed by atoms with Gasteiger partial charge in [0.2, 0.25) is 0 Å². The fraction of sp³-hybridized carbons (Fsp3) is 0.379. The van der Waals surface area contributed by atoms with Gasteiger partial charge in [-0.2, -0.15) is 0 Å². The molecular weight excluding hydrogens is 478 g/mol. The minimum absolute atomic E-state index is 0.115. The summed E-state index contributed by atoms with van der Waals surface area (Å²) in [5.41, 5.74) is 3.77. The highest BCUT2D eigenvalue weighted by Gasteiger charge is 2.15. The van der Waals surface area contributed by atoms with Crippen molar-refractivity contribution in [1.82, 2.24) is 25.5 Å². The Morgan fingerprint density at radius 2 is 1.79 bits per heavy atom. The van der Waals surface area contributed by atoms with Crippen molar-refractivity contribution in [1.29, 1.82) is 0 Å². The lowest BCUT2D eigenvalue weighted by Crippen LogP contribution is -2.33. The lowest BCUT2D eigenvalue weighted by molar-refractivity contribution is 0.0951. The first-order valence-corrected chi connectivity index (χ1v) is 13.4. The van der Waals surface area contributed by atoms with Gasteiger partial charge < -0.3 is 26.2 Å². The van der Waals surface area contributed by atoms with Crippen LogP contribution in [0.25, 0.3) is 11.3 Å². The molecule has 0 unspecified atom stereocenters. The van der Waals surface area contributed by atoms with Crippen LogP contribution in [0.2, 0.25) is 0 Å². The Morgan fingerprint density at radius 1 is 0.974 bits per heavy atom. The molecule has 9 heteroatoms. The Morgan fingerprint density at radius 3 is 2.53 bits per heavy atom. The smallest absolute Gasteiger partial charge is 0.319 e. The van der Waals surface area contributed by atoms with Gasteiger partial charge in [0.1, 0.15) is 5.82 Å². The molecule has 4 rings (SSSR count). The van der Waals surface area contributed by atoms with Crippen molar-refractivity contribution in [3.8, 4) is 11.3 Å². The maximum absolute atomic E-state index is 12.9. The normalized spacial score (nSPS) is 13.5. The molecule has 4 N–H and O–H groups in total. The fourth-order valence-corrected chi connectivity index (χ4v) is 4.47. The Bertz CT molecular complexity index is 1180. The zero-order chi connectivity index (χ0) is 26.6. The number of carbonyl (C=O) groups excluding carboxylic acids is 2. The lowest BCUT2D eigenvalue weighted by atomic mass is 10.1. The molecule has 1 aromatic carbocycles. The first-order valence-electron chi connectivity index (χ1n) is 13.4. The predicted molar refractivity (Wildman–Crippen MR) is 151 cm³/mol. The molecule has 0 radical (unpaired) electrons. The van der Waals surface area contributed by atoms with E-state index in [-0.39, 0.29) is 11.9 Å². The topological polar surface area (TPSA) is 111 Å². The third-order valence-corrected chi connectivity index (χ3v) is 6.48. The highest BCUT2D eigenvalue weighted by molar-refractivity contribution is 5.99. The van der Waals surface area contributed by atoms with Gasteiger partial charge in [0, 0.05) is 43.3 Å². The third-order valence-electron chi connectivity index (χ3n) is 6.48. The van der Waals surface area contributed by atoms with Crippen molar-refractivity contribution in [3.05, 3.63) is 72.1 Å². The van der Waals surface area contributed by atoms with E-state index in [9.17, 15) is 9.59 Å². The summed E-state index contributed by atoms with van der Waals surface area (Å²) < 4.78 is 0. The van der Waals surface area contributed by atoms with Crippen LogP contribution in [0.15, 0.2) is 60.9 Å². The fourth-order valence-electron chi connectivity index (χ4n) is 4.47. The molecule has 3 heterocycles. The van der Waals surface area contributed by atoms with Crippen LogP contribution >= 0.6 is 0 Å². The Labute approximate surface area is 224 Å². The molecule has 3 amide bonds. The summed E-state index contributed by atoms with van der Waals surface area (Å²) in [6.45, 7) is 7.03. The number of rotatable bonds is 11. The lowest BCUT2D eigenvalue weighted by Gasteiger charge is -2.26. The van der Waals surface area contributed by atoms with E-state index in [4.69, 9.17) is 4.98 Å². The van der Waals surface area contributed by atoms with Gasteiger partial charge in [-0.3, -0.25) is 9.78 Å². The number of likely N-dealkylation sites (tertiary alicyclic amines) is 1. The molecule has 9 nitrogen and oxygen atoms in total. The number of benzene rings is 1. The van der Waals surface area contributed by atoms with Gasteiger partial charge in [-0.05, 0) is 81.7 Å². The minimum Gasteiger partial charge on any atom is -0.370 e. The zero-order valence-electron chi connectivity index (χ0n) is 22.0. The number of piperidine rings is 1. The number of hydrogen-bond acceptors (Lipinski definition) is 6. The molecular formula is C29H37N7O2. The average Bonchev–Trinajstić information content (AvgIpc) is 2.96. The quantitative estimate of drug-likeness (QED) is 0.280. The van der Waals surface area contributed by atoms with Crippen LogP contribution < -0.4 is 21.3 Å². The number of amides is 3. The largest absolute Gasteiger partial charge is 0.370 e. The second-order valence-electron chi connectivity index (χ2n) is 9.38. The minimum atomic E-state index is -0.291. The number of aromatic nitrogens is 2. The van der Waals surface area contributed by atoms with Crippen molar-refractivity contribution in [3.63, 3.8) is 0 Å². The molecule has 200 valence electrons. The number of nitrogens with one attached hydrogen (secondary N) is 4. The summed E-state index contributed by atoms with van der Waals surface area (Å²) in [5, 5.41) is 11.9. The summed E-state index contributed by atoms with van der Waals surface area (Å²) in [6, 6.07) is 14.6.